The molecule has 0 fully saturated rings. The summed E-state index contributed by atoms with van der Waals surface area (Å²) in [4.78, 5) is 12.7. The van der Waals surface area contributed by atoms with Gasteiger partial charge >= 0.3 is 0 Å². The molecule has 0 aliphatic heterocycles. The first-order valence-electron chi connectivity index (χ1n) is 7.17. The lowest BCUT2D eigenvalue weighted by molar-refractivity contribution is 0.104. The summed E-state index contributed by atoms with van der Waals surface area (Å²) in [5, 5.41) is 0. The van der Waals surface area contributed by atoms with Crippen LogP contribution in [0, 0.1) is 0 Å². The molecule has 3 rings (SSSR count). The second kappa shape index (κ2) is 5.37. The summed E-state index contributed by atoms with van der Waals surface area (Å²) in [6.07, 6.45) is 0.0231. The molecule has 0 bridgehead atoms. The fourth-order valence-corrected chi connectivity index (χ4v) is 2.78. The van der Waals surface area contributed by atoms with Crippen molar-refractivity contribution in [3.8, 4) is 28.4 Å². The van der Waals surface area contributed by atoms with Crippen LogP contribution < -0.4 is 14.2 Å². The standard InChI is InChI=1S/C18H18O4/c1-10(2)22-14-7-5-6-12-16(14)17-13(18(12)19)8-11(20-3)9-15(17)21-4/h5-10H,1-4H3. The maximum Gasteiger partial charge on any atom is 0.194 e. The summed E-state index contributed by atoms with van der Waals surface area (Å²) in [6.45, 7) is 3.92. The van der Waals surface area contributed by atoms with Crippen molar-refractivity contribution in [3.63, 3.8) is 0 Å². The molecule has 0 unspecified atom stereocenters. The minimum atomic E-state index is -0.0311. The lowest BCUT2D eigenvalue weighted by Crippen LogP contribution is -2.07. The molecule has 114 valence electrons. The molecule has 2 aromatic rings. The van der Waals surface area contributed by atoms with Crippen molar-refractivity contribution in [3.05, 3.63) is 41.5 Å². The molecule has 2 aromatic carbocycles. The van der Waals surface area contributed by atoms with Gasteiger partial charge in [0.05, 0.1) is 20.3 Å². The number of hydrogen-bond acceptors (Lipinski definition) is 4. The molecule has 0 saturated carbocycles. The quantitative estimate of drug-likeness (QED) is 0.736. The van der Waals surface area contributed by atoms with Crippen LogP contribution in [0.4, 0.5) is 0 Å². The number of ether oxygens (including phenoxy) is 3. The summed E-state index contributed by atoms with van der Waals surface area (Å²) in [6, 6.07) is 9.07. The summed E-state index contributed by atoms with van der Waals surface area (Å²) < 4.78 is 16.6. The van der Waals surface area contributed by atoms with Crippen LogP contribution in [-0.2, 0) is 0 Å². The number of hydrogen-bond donors (Lipinski definition) is 0. The van der Waals surface area contributed by atoms with Gasteiger partial charge in [-0.25, -0.2) is 0 Å². The van der Waals surface area contributed by atoms with Gasteiger partial charge in [0.15, 0.2) is 5.78 Å². The third-order valence-electron chi connectivity index (χ3n) is 3.66. The van der Waals surface area contributed by atoms with Gasteiger partial charge in [0.25, 0.3) is 0 Å². The maximum atomic E-state index is 12.7. The van der Waals surface area contributed by atoms with Crippen molar-refractivity contribution >= 4 is 5.78 Å². The normalized spacial score (nSPS) is 12.1. The van der Waals surface area contributed by atoms with Crippen LogP contribution in [-0.4, -0.2) is 26.1 Å². The van der Waals surface area contributed by atoms with Crippen LogP contribution >= 0.6 is 0 Å². The first kappa shape index (κ1) is 14.4. The van der Waals surface area contributed by atoms with Gasteiger partial charge in [-0.15, -0.1) is 0 Å². The smallest absolute Gasteiger partial charge is 0.194 e. The molecule has 0 aromatic heterocycles. The van der Waals surface area contributed by atoms with Crippen molar-refractivity contribution in [2.45, 2.75) is 20.0 Å². The predicted octanol–water partition coefficient (Wildman–Crippen LogP) is 3.70. The number of methoxy groups -OCH3 is 2. The van der Waals surface area contributed by atoms with E-state index in [0.717, 1.165) is 11.1 Å². The Bertz CT molecular complexity index is 747. The van der Waals surface area contributed by atoms with Crippen LogP contribution in [0.2, 0.25) is 0 Å². The molecule has 0 N–H and O–H groups in total. The van der Waals surface area contributed by atoms with E-state index in [9.17, 15) is 4.79 Å². The van der Waals surface area contributed by atoms with Crippen molar-refractivity contribution in [1.29, 1.82) is 0 Å². The second-order valence-corrected chi connectivity index (χ2v) is 5.43. The minimum Gasteiger partial charge on any atom is -0.497 e. The average molecular weight is 298 g/mol. The Labute approximate surface area is 129 Å². The van der Waals surface area contributed by atoms with Gasteiger partial charge in [-0.05, 0) is 26.0 Å². The number of ketones is 1. The minimum absolute atomic E-state index is 0.0231. The summed E-state index contributed by atoms with van der Waals surface area (Å²) >= 11 is 0. The number of carbonyl (C=O) groups excluding carboxylic acids is 1. The van der Waals surface area contributed by atoms with E-state index in [1.165, 1.54) is 0 Å². The van der Waals surface area contributed by atoms with Crippen molar-refractivity contribution in [2.24, 2.45) is 0 Å². The molecular formula is C18H18O4. The maximum absolute atomic E-state index is 12.7. The molecule has 0 atom stereocenters. The molecule has 0 saturated heterocycles. The highest BCUT2D eigenvalue weighted by Crippen LogP contribution is 2.48. The highest BCUT2D eigenvalue weighted by atomic mass is 16.5. The number of benzene rings is 2. The van der Waals surface area contributed by atoms with E-state index < -0.39 is 0 Å². The van der Waals surface area contributed by atoms with Crippen LogP contribution in [0.25, 0.3) is 11.1 Å². The van der Waals surface area contributed by atoms with Gasteiger partial charge in [-0.2, -0.15) is 0 Å². The predicted molar refractivity (Wildman–Crippen MR) is 84.2 cm³/mol. The van der Waals surface area contributed by atoms with Gasteiger partial charge in [0.1, 0.15) is 17.2 Å². The van der Waals surface area contributed by atoms with E-state index in [0.29, 0.717) is 28.4 Å². The number of carbonyl (C=O) groups is 1. The number of rotatable bonds is 4. The molecule has 0 radical (unpaired) electrons. The van der Waals surface area contributed by atoms with Crippen LogP contribution in [0.3, 0.4) is 0 Å². The Kier molecular flexibility index (Phi) is 3.53. The summed E-state index contributed by atoms with van der Waals surface area (Å²) in [5.74, 6) is 1.88. The fraction of sp³-hybridized carbons (Fsp3) is 0.278. The van der Waals surface area contributed by atoms with Gasteiger partial charge in [0, 0.05) is 28.3 Å². The monoisotopic (exact) mass is 298 g/mol. The third kappa shape index (κ3) is 2.11. The molecule has 0 amide bonds. The van der Waals surface area contributed by atoms with Gasteiger partial charge in [0.2, 0.25) is 0 Å². The molecule has 1 aliphatic carbocycles. The molecule has 4 nitrogen and oxygen atoms in total. The lowest BCUT2D eigenvalue weighted by Gasteiger charge is -2.15. The van der Waals surface area contributed by atoms with Crippen molar-refractivity contribution in [1.82, 2.24) is 0 Å². The van der Waals surface area contributed by atoms with Gasteiger partial charge < -0.3 is 14.2 Å². The molecule has 0 heterocycles. The Hall–Kier alpha value is -2.49. The summed E-state index contributed by atoms with van der Waals surface area (Å²) in [5.41, 5.74) is 2.81. The average Bonchev–Trinajstić information content (AvgIpc) is 2.80. The molecular weight excluding hydrogens is 280 g/mol. The fourth-order valence-electron chi connectivity index (χ4n) is 2.78. The number of fused-ring (bicyclic) bond motifs is 3. The Morgan fingerprint density at radius 2 is 1.64 bits per heavy atom. The Balaban J connectivity index is 2.29. The van der Waals surface area contributed by atoms with Gasteiger partial charge in [-0.1, -0.05) is 12.1 Å². The first-order chi connectivity index (χ1) is 10.6. The molecule has 4 heteroatoms. The highest BCUT2D eigenvalue weighted by molar-refractivity contribution is 6.23. The van der Waals surface area contributed by atoms with E-state index in [1.54, 1.807) is 26.4 Å². The third-order valence-corrected chi connectivity index (χ3v) is 3.66. The zero-order chi connectivity index (χ0) is 15.9. The Morgan fingerprint density at radius 3 is 2.27 bits per heavy atom. The summed E-state index contributed by atoms with van der Waals surface area (Å²) in [7, 11) is 3.16. The van der Waals surface area contributed by atoms with Crippen LogP contribution in [0.1, 0.15) is 29.8 Å². The van der Waals surface area contributed by atoms with E-state index in [-0.39, 0.29) is 11.9 Å². The lowest BCUT2D eigenvalue weighted by atomic mass is 10.0. The van der Waals surface area contributed by atoms with E-state index in [4.69, 9.17) is 14.2 Å². The van der Waals surface area contributed by atoms with Crippen molar-refractivity contribution in [2.75, 3.05) is 14.2 Å². The van der Waals surface area contributed by atoms with Gasteiger partial charge in [-0.3, -0.25) is 4.79 Å². The first-order valence-corrected chi connectivity index (χ1v) is 7.17. The molecule has 0 spiro atoms. The molecule has 22 heavy (non-hydrogen) atoms. The van der Waals surface area contributed by atoms with Crippen LogP contribution in [0.5, 0.6) is 17.2 Å². The van der Waals surface area contributed by atoms with E-state index in [1.807, 2.05) is 32.0 Å². The van der Waals surface area contributed by atoms with Crippen LogP contribution in [0.15, 0.2) is 30.3 Å². The second-order valence-electron chi connectivity index (χ2n) is 5.43. The molecule has 1 aliphatic rings. The van der Waals surface area contributed by atoms with E-state index >= 15 is 0 Å². The van der Waals surface area contributed by atoms with Crippen molar-refractivity contribution < 1.29 is 19.0 Å². The zero-order valence-corrected chi connectivity index (χ0v) is 13.1. The zero-order valence-electron chi connectivity index (χ0n) is 13.1. The largest absolute Gasteiger partial charge is 0.497 e. The highest BCUT2D eigenvalue weighted by Gasteiger charge is 2.33. The topological polar surface area (TPSA) is 44.8 Å². The SMILES string of the molecule is COc1cc(OC)c2c(c1)C(=O)c1cccc(OC(C)C)c1-2. The van der Waals surface area contributed by atoms with E-state index in [2.05, 4.69) is 0 Å². The Morgan fingerprint density at radius 1 is 0.909 bits per heavy atom.